The molecule has 0 aromatic carbocycles. The number of rotatable bonds is 7. The third kappa shape index (κ3) is 5.61. The maximum atomic E-state index is 13.8. The fourth-order valence-corrected chi connectivity index (χ4v) is 3.60. The molecule has 2 aromatic rings. The summed E-state index contributed by atoms with van der Waals surface area (Å²) in [4.78, 5) is 14.7. The van der Waals surface area contributed by atoms with Crippen LogP contribution in [0.5, 0.6) is 6.01 Å². The largest absolute Gasteiger partial charge is 0.457 e. The van der Waals surface area contributed by atoms with Crippen molar-refractivity contribution >= 4 is 11.4 Å². The zero-order valence-corrected chi connectivity index (χ0v) is 19.0. The minimum Gasteiger partial charge on any atom is -0.457 e. The first kappa shape index (κ1) is 23.6. The predicted octanol–water partition coefficient (Wildman–Crippen LogP) is 3.05. The monoisotopic (exact) mass is 447 g/mol. The first-order valence-corrected chi connectivity index (χ1v) is 10.6. The molecule has 4 N–H and O–H groups in total. The molecule has 1 fully saturated rings. The van der Waals surface area contributed by atoms with Gasteiger partial charge in [-0.05, 0) is 37.5 Å². The molecule has 2 aromatic heterocycles. The molecule has 3 rings (SSSR count). The van der Waals surface area contributed by atoms with Crippen molar-refractivity contribution in [2.24, 2.45) is 11.6 Å². The number of hydrogen-bond donors (Lipinski definition) is 2. The Hall–Kier alpha value is -3.01. The maximum Gasteiger partial charge on any atom is 0.316 e. The lowest BCUT2D eigenvalue weighted by atomic mass is 10.1. The molecule has 8 nitrogen and oxygen atoms in total. The summed E-state index contributed by atoms with van der Waals surface area (Å²) in [6, 6.07) is 5.55. The average molecular weight is 448 g/mol. The molecule has 0 saturated carbocycles. The minimum atomic E-state index is -2.69. The van der Waals surface area contributed by atoms with Gasteiger partial charge in [0, 0.05) is 26.2 Å². The van der Waals surface area contributed by atoms with E-state index in [9.17, 15) is 8.78 Å². The summed E-state index contributed by atoms with van der Waals surface area (Å²) in [6.07, 6.45) is 2.00. The van der Waals surface area contributed by atoms with Crippen molar-refractivity contribution in [3.63, 3.8) is 0 Å². The summed E-state index contributed by atoms with van der Waals surface area (Å²) in [6.45, 7) is 6.16. The Kier molecular flexibility index (Phi) is 7.12. The summed E-state index contributed by atoms with van der Waals surface area (Å²) in [5.74, 6) is 3.54. The number of nitrogens with two attached hydrogens (primary N) is 2. The lowest BCUT2D eigenvalue weighted by molar-refractivity contribution is -0.0117. The van der Waals surface area contributed by atoms with Gasteiger partial charge in [0.15, 0.2) is 0 Å². The minimum absolute atomic E-state index is 0.0429. The lowest BCUT2D eigenvalue weighted by Crippen LogP contribution is -2.43. The van der Waals surface area contributed by atoms with E-state index in [1.165, 1.54) is 5.01 Å². The topological polar surface area (TPSA) is 106 Å². The van der Waals surface area contributed by atoms with Crippen LogP contribution < -0.4 is 21.2 Å². The van der Waals surface area contributed by atoms with Crippen molar-refractivity contribution in [3.8, 4) is 6.01 Å². The van der Waals surface area contributed by atoms with E-state index < -0.39 is 5.92 Å². The fraction of sp³-hybridized carbons (Fsp3) is 0.500. The molecule has 32 heavy (non-hydrogen) atoms. The Morgan fingerprint density at radius 1 is 1.28 bits per heavy atom. The van der Waals surface area contributed by atoms with E-state index in [0.717, 1.165) is 5.69 Å². The van der Waals surface area contributed by atoms with Gasteiger partial charge in [-0.1, -0.05) is 13.8 Å². The molecule has 174 valence electrons. The normalized spacial score (nSPS) is 16.7. The quantitative estimate of drug-likeness (QED) is 0.493. The highest BCUT2D eigenvalue weighted by Gasteiger charge is 2.35. The van der Waals surface area contributed by atoms with Gasteiger partial charge in [-0.15, -0.1) is 0 Å². The Balaban J connectivity index is 1.81. The number of aryl methyl sites for hydroxylation is 1. The Morgan fingerprint density at radius 2 is 2.03 bits per heavy atom. The standard InChI is InChI=1S/C22H31F2N7O/c1-14(2)16-8-10-27-21(29-16)32-12-19(30(4)26)20(25)17-6-7-18(15(3)28-17)31-11-5-9-22(23,24)13-31/h6-8,10,14H,5,9,11-13,25-26H2,1-4H3/b20-19-. The Morgan fingerprint density at radius 3 is 2.66 bits per heavy atom. The van der Waals surface area contributed by atoms with Gasteiger partial charge in [0.2, 0.25) is 0 Å². The lowest BCUT2D eigenvalue weighted by Gasteiger charge is -2.34. The molecule has 0 bridgehead atoms. The highest BCUT2D eigenvalue weighted by atomic mass is 19.3. The van der Waals surface area contributed by atoms with Crippen LogP contribution in [-0.4, -0.2) is 52.6 Å². The van der Waals surface area contributed by atoms with E-state index >= 15 is 0 Å². The zero-order valence-electron chi connectivity index (χ0n) is 19.0. The van der Waals surface area contributed by atoms with E-state index in [2.05, 4.69) is 15.0 Å². The SMILES string of the molecule is Cc1nc(/C(N)=C(\COc2nccc(C(C)C)n2)N(C)N)ccc1N1CCCC(F)(F)C1. The van der Waals surface area contributed by atoms with Crippen molar-refractivity contribution < 1.29 is 13.5 Å². The first-order chi connectivity index (χ1) is 15.1. The molecule has 0 atom stereocenters. The molecular formula is C22H31F2N7O. The van der Waals surface area contributed by atoms with Crippen molar-refractivity contribution in [1.29, 1.82) is 0 Å². The van der Waals surface area contributed by atoms with Crippen molar-refractivity contribution in [3.05, 3.63) is 47.2 Å². The molecule has 1 saturated heterocycles. The number of likely N-dealkylation sites (N-methyl/N-ethyl adjacent to an activating group) is 1. The molecule has 1 aliphatic heterocycles. The zero-order chi connectivity index (χ0) is 23.5. The number of ether oxygens (including phenoxy) is 1. The van der Waals surface area contributed by atoms with E-state index in [-0.39, 0.29) is 31.5 Å². The number of halogens is 2. The van der Waals surface area contributed by atoms with Crippen LogP contribution in [0.2, 0.25) is 0 Å². The molecule has 0 amide bonds. The summed E-state index contributed by atoms with van der Waals surface area (Å²) >= 11 is 0. The van der Waals surface area contributed by atoms with Gasteiger partial charge in [0.25, 0.3) is 5.92 Å². The van der Waals surface area contributed by atoms with Crippen molar-refractivity contribution in [1.82, 2.24) is 20.0 Å². The number of aromatic nitrogens is 3. The second kappa shape index (κ2) is 9.64. The van der Waals surface area contributed by atoms with Crippen LogP contribution in [-0.2, 0) is 0 Å². The number of alkyl halides is 2. The van der Waals surface area contributed by atoms with Crippen LogP contribution in [0.4, 0.5) is 14.5 Å². The van der Waals surface area contributed by atoms with Gasteiger partial charge < -0.3 is 20.4 Å². The number of hydrazine groups is 1. The average Bonchev–Trinajstić information content (AvgIpc) is 2.72. The summed E-state index contributed by atoms with van der Waals surface area (Å²) in [7, 11) is 1.65. The van der Waals surface area contributed by atoms with Crippen molar-refractivity contribution in [2.45, 2.75) is 45.5 Å². The smallest absolute Gasteiger partial charge is 0.316 e. The summed E-state index contributed by atoms with van der Waals surface area (Å²) in [5, 5.41) is 1.36. The van der Waals surface area contributed by atoms with Gasteiger partial charge >= 0.3 is 6.01 Å². The van der Waals surface area contributed by atoms with Gasteiger partial charge in [-0.2, -0.15) is 4.98 Å². The molecule has 0 unspecified atom stereocenters. The number of hydrogen-bond acceptors (Lipinski definition) is 8. The molecular weight excluding hydrogens is 416 g/mol. The summed E-state index contributed by atoms with van der Waals surface area (Å²) < 4.78 is 33.4. The predicted molar refractivity (Wildman–Crippen MR) is 120 cm³/mol. The Bertz CT molecular complexity index is 979. The van der Waals surface area contributed by atoms with Gasteiger partial charge in [0.05, 0.1) is 40.7 Å². The van der Waals surface area contributed by atoms with Gasteiger partial charge in [-0.25, -0.2) is 24.6 Å². The van der Waals surface area contributed by atoms with E-state index in [0.29, 0.717) is 41.4 Å². The van der Waals surface area contributed by atoms with Crippen LogP contribution in [0.15, 0.2) is 30.1 Å². The maximum absolute atomic E-state index is 13.8. The van der Waals surface area contributed by atoms with Crippen LogP contribution >= 0.6 is 0 Å². The van der Waals surface area contributed by atoms with E-state index in [1.807, 2.05) is 19.9 Å². The van der Waals surface area contributed by atoms with E-state index in [1.54, 1.807) is 37.2 Å². The molecule has 1 aliphatic rings. The number of piperidine rings is 1. The van der Waals surface area contributed by atoms with Gasteiger partial charge in [-0.3, -0.25) is 0 Å². The molecule has 10 heteroatoms. The van der Waals surface area contributed by atoms with Crippen LogP contribution in [0, 0.1) is 6.92 Å². The highest BCUT2D eigenvalue weighted by Crippen LogP contribution is 2.31. The summed E-state index contributed by atoms with van der Waals surface area (Å²) in [5.41, 5.74) is 9.84. The molecule has 0 spiro atoms. The van der Waals surface area contributed by atoms with Gasteiger partial charge in [0.1, 0.15) is 6.61 Å². The van der Waals surface area contributed by atoms with Crippen LogP contribution in [0.1, 0.15) is 49.7 Å². The molecule has 3 heterocycles. The second-order valence-corrected chi connectivity index (χ2v) is 8.36. The highest BCUT2D eigenvalue weighted by molar-refractivity contribution is 5.65. The van der Waals surface area contributed by atoms with E-state index in [4.69, 9.17) is 16.3 Å². The third-order valence-electron chi connectivity index (χ3n) is 5.39. The number of anilines is 1. The second-order valence-electron chi connectivity index (χ2n) is 8.36. The first-order valence-electron chi connectivity index (χ1n) is 10.6. The number of pyridine rings is 1. The number of nitrogens with zero attached hydrogens (tertiary/aromatic N) is 5. The molecule has 0 radical (unpaired) electrons. The third-order valence-corrected chi connectivity index (χ3v) is 5.39. The molecule has 0 aliphatic carbocycles. The van der Waals surface area contributed by atoms with Crippen LogP contribution in [0.3, 0.4) is 0 Å². The van der Waals surface area contributed by atoms with Crippen LogP contribution in [0.25, 0.3) is 5.70 Å². The fourth-order valence-electron chi connectivity index (χ4n) is 3.60. The Labute approximate surface area is 187 Å². The van der Waals surface area contributed by atoms with Crippen molar-refractivity contribution in [2.75, 3.05) is 31.6 Å².